The van der Waals surface area contributed by atoms with Gasteiger partial charge >= 0.3 is 0 Å². The molecule has 0 saturated carbocycles. The van der Waals surface area contributed by atoms with E-state index in [-0.39, 0.29) is 16.6 Å². The minimum Gasteiger partial charge on any atom is -0.212 e. The number of halogens is 1. The average Bonchev–Trinajstić information content (AvgIpc) is 2.11. The first-order chi connectivity index (χ1) is 8.39. The van der Waals surface area contributed by atoms with Crippen LogP contribution in [-0.4, -0.2) is 8.42 Å². The molecular formula is C15H23ClO2S. The second-order valence-corrected chi connectivity index (χ2v) is 9.78. The lowest BCUT2D eigenvalue weighted by Crippen LogP contribution is -2.24. The standard InChI is InChI=1S/C15H23ClO2S/c1-14(2,3)11-15(4,5)13-8-6-12(7-9-13)10-19(16,17)18/h6-9H,10-11H2,1-5H3. The summed E-state index contributed by atoms with van der Waals surface area (Å²) in [6, 6.07) is 7.70. The number of rotatable bonds is 4. The third kappa shape index (κ3) is 5.96. The van der Waals surface area contributed by atoms with Crippen LogP contribution < -0.4 is 0 Å². The third-order valence-corrected chi connectivity index (χ3v) is 4.05. The van der Waals surface area contributed by atoms with Gasteiger partial charge in [0.15, 0.2) is 0 Å². The van der Waals surface area contributed by atoms with E-state index >= 15 is 0 Å². The van der Waals surface area contributed by atoms with Crippen LogP contribution in [0.15, 0.2) is 24.3 Å². The first-order valence-electron chi connectivity index (χ1n) is 6.41. The molecule has 108 valence electrons. The Morgan fingerprint density at radius 3 is 1.84 bits per heavy atom. The zero-order valence-electron chi connectivity index (χ0n) is 12.3. The lowest BCUT2D eigenvalue weighted by Gasteiger charge is -2.33. The molecule has 0 heterocycles. The number of hydrogen-bond donors (Lipinski definition) is 0. The predicted molar refractivity (Wildman–Crippen MR) is 82.0 cm³/mol. The highest BCUT2D eigenvalue weighted by Gasteiger charge is 2.27. The lowest BCUT2D eigenvalue weighted by molar-refractivity contribution is 0.284. The topological polar surface area (TPSA) is 34.1 Å². The molecule has 0 amide bonds. The van der Waals surface area contributed by atoms with Crippen LogP contribution in [0.1, 0.15) is 52.2 Å². The van der Waals surface area contributed by atoms with Crippen LogP contribution >= 0.6 is 10.7 Å². The van der Waals surface area contributed by atoms with Gasteiger partial charge in [-0.2, -0.15) is 0 Å². The molecule has 0 aliphatic heterocycles. The summed E-state index contributed by atoms with van der Waals surface area (Å²) in [5.41, 5.74) is 2.27. The van der Waals surface area contributed by atoms with Crippen molar-refractivity contribution < 1.29 is 8.42 Å². The van der Waals surface area contributed by atoms with Crippen LogP contribution in [0.2, 0.25) is 0 Å². The molecule has 0 aliphatic rings. The summed E-state index contributed by atoms with van der Waals surface area (Å²) in [7, 11) is 1.77. The van der Waals surface area contributed by atoms with E-state index in [0.29, 0.717) is 0 Å². The van der Waals surface area contributed by atoms with Crippen molar-refractivity contribution >= 4 is 19.7 Å². The summed E-state index contributed by atoms with van der Waals surface area (Å²) in [4.78, 5) is 0. The monoisotopic (exact) mass is 302 g/mol. The van der Waals surface area contributed by atoms with Gasteiger partial charge in [0, 0.05) is 10.7 Å². The molecule has 0 atom stereocenters. The Kier molecular flexibility index (Phi) is 4.74. The number of benzene rings is 1. The van der Waals surface area contributed by atoms with Gasteiger partial charge in [0.25, 0.3) is 0 Å². The van der Waals surface area contributed by atoms with Crippen molar-refractivity contribution in [3.8, 4) is 0 Å². The molecule has 1 aromatic carbocycles. The van der Waals surface area contributed by atoms with Gasteiger partial charge in [-0.3, -0.25) is 0 Å². The molecule has 0 aromatic heterocycles. The molecule has 2 nitrogen and oxygen atoms in total. The van der Waals surface area contributed by atoms with Gasteiger partial charge in [-0.05, 0) is 28.4 Å². The summed E-state index contributed by atoms with van der Waals surface area (Å²) in [6.45, 7) is 11.1. The first kappa shape index (κ1) is 16.5. The maximum Gasteiger partial charge on any atom is 0.236 e. The maximum atomic E-state index is 11.0. The molecule has 0 bridgehead atoms. The van der Waals surface area contributed by atoms with Crippen LogP contribution in [0.3, 0.4) is 0 Å². The molecule has 19 heavy (non-hydrogen) atoms. The van der Waals surface area contributed by atoms with Gasteiger partial charge in [0.1, 0.15) is 0 Å². The average molecular weight is 303 g/mol. The Morgan fingerprint density at radius 1 is 1.00 bits per heavy atom. The SMILES string of the molecule is CC(C)(C)CC(C)(C)c1ccc(CS(=O)(=O)Cl)cc1. The fourth-order valence-corrected chi connectivity index (χ4v) is 3.65. The molecular weight excluding hydrogens is 280 g/mol. The fraction of sp³-hybridized carbons (Fsp3) is 0.600. The number of hydrogen-bond acceptors (Lipinski definition) is 2. The molecule has 0 radical (unpaired) electrons. The summed E-state index contributed by atoms with van der Waals surface area (Å²) in [5, 5.41) is 0. The van der Waals surface area contributed by atoms with Crippen LogP contribution in [0.4, 0.5) is 0 Å². The largest absolute Gasteiger partial charge is 0.236 e. The molecule has 0 saturated heterocycles. The lowest BCUT2D eigenvalue weighted by atomic mass is 9.72. The minimum atomic E-state index is -3.48. The zero-order chi connectivity index (χ0) is 14.9. The highest BCUT2D eigenvalue weighted by molar-refractivity contribution is 8.13. The van der Waals surface area contributed by atoms with E-state index in [1.54, 1.807) is 0 Å². The molecule has 0 aliphatic carbocycles. The fourth-order valence-electron chi connectivity index (χ4n) is 2.68. The van der Waals surface area contributed by atoms with Gasteiger partial charge in [-0.1, -0.05) is 58.9 Å². The predicted octanol–water partition coefficient (Wildman–Crippen LogP) is 4.47. The van der Waals surface area contributed by atoms with Crippen molar-refractivity contribution in [1.82, 2.24) is 0 Å². The Hall–Kier alpha value is -0.540. The highest BCUT2D eigenvalue weighted by atomic mass is 35.7. The van der Waals surface area contributed by atoms with Gasteiger partial charge in [-0.25, -0.2) is 8.42 Å². The quantitative estimate of drug-likeness (QED) is 0.769. The van der Waals surface area contributed by atoms with E-state index in [1.165, 1.54) is 5.56 Å². The Bertz CT molecular complexity index is 522. The smallest absolute Gasteiger partial charge is 0.212 e. The first-order valence-corrected chi connectivity index (χ1v) is 8.89. The summed E-state index contributed by atoms with van der Waals surface area (Å²) in [6.07, 6.45) is 1.06. The van der Waals surface area contributed by atoms with Crippen molar-refractivity contribution in [2.24, 2.45) is 5.41 Å². The normalized spacial score (nSPS) is 13.6. The van der Waals surface area contributed by atoms with Crippen LogP contribution in [-0.2, 0) is 20.2 Å². The van der Waals surface area contributed by atoms with Crippen molar-refractivity contribution in [1.29, 1.82) is 0 Å². The Labute approximate surface area is 121 Å². The molecule has 0 unspecified atom stereocenters. The second kappa shape index (κ2) is 5.45. The van der Waals surface area contributed by atoms with Gasteiger partial charge < -0.3 is 0 Å². The minimum absolute atomic E-state index is 0.0661. The molecule has 0 N–H and O–H groups in total. The summed E-state index contributed by atoms with van der Waals surface area (Å²) in [5.74, 6) is -0.117. The van der Waals surface area contributed by atoms with Crippen LogP contribution in [0.5, 0.6) is 0 Å². The van der Waals surface area contributed by atoms with E-state index in [2.05, 4.69) is 34.6 Å². The molecule has 0 spiro atoms. The van der Waals surface area contributed by atoms with E-state index in [4.69, 9.17) is 10.7 Å². The Balaban J connectivity index is 2.92. The highest BCUT2D eigenvalue weighted by Crippen LogP contribution is 2.36. The molecule has 1 rings (SSSR count). The summed E-state index contributed by atoms with van der Waals surface area (Å²) < 4.78 is 22.1. The van der Waals surface area contributed by atoms with Crippen LogP contribution in [0, 0.1) is 5.41 Å². The van der Waals surface area contributed by atoms with Crippen LogP contribution in [0.25, 0.3) is 0 Å². The van der Waals surface area contributed by atoms with Crippen molar-refractivity contribution in [2.45, 2.75) is 52.2 Å². The molecule has 0 fully saturated rings. The van der Waals surface area contributed by atoms with E-state index in [9.17, 15) is 8.42 Å². The third-order valence-electron chi connectivity index (χ3n) is 3.05. The molecule has 1 aromatic rings. The second-order valence-electron chi connectivity index (χ2n) is 7.00. The van der Waals surface area contributed by atoms with Crippen molar-refractivity contribution in [3.63, 3.8) is 0 Å². The van der Waals surface area contributed by atoms with E-state index in [1.807, 2.05) is 24.3 Å². The van der Waals surface area contributed by atoms with Gasteiger partial charge in [-0.15, -0.1) is 0 Å². The van der Waals surface area contributed by atoms with Crippen molar-refractivity contribution in [3.05, 3.63) is 35.4 Å². The van der Waals surface area contributed by atoms with Gasteiger partial charge in [0.05, 0.1) is 5.75 Å². The summed E-state index contributed by atoms with van der Waals surface area (Å²) >= 11 is 0. The Morgan fingerprint density at radius 2 is 1.47 bits per heavy atom. The maximum absolute atomic E-state index is 11.0. The van der Waals surface area contributed by atoms with Crippen molar-refractivity contribution in [2.75, 3.05) is 0 Å². The van der Waals surface area contributed by atoms with Gasteiger partial charge in [0.2, 0.25) is 9.05 Å². The molecule has 4 heteroatoms. The van der Waals surface area contributed by atoms with E-state index in [0.717, 1.165) is 12.0 Å². The zero-order valence-corrected chi connectivity index (χ0v) is 13.9. The van der Waals surface area contributed by atoms with E-state index < -0.39 is 9.05 Å².